The van der Waals surface area contributed by atoms with Gasteiger partial charge in [-0.15, -0.1) is 12.4 Å². The third kappa shape index (κ3) is 4.03. The van der Waals surface area contributed by atoms with Gasteiger partial charge in [0.25, 0.3) is 0 Å². The van der Waals surface area contributed by atoms with E-state index in [1.807, 2.05) is 12.1 Å². The minimum absolute atomic E-state index is 0. The molecule has 2 saturated heterocycles. The summed E-state index contributed by atoms with van der Waals surface area (Å²) in [6.45, 7) is 4.11. The molecule has 1 amide bonds. The summed E-state index contributed by atoms with van der Waals surface area (Å²) in [5, 5.41) is 6.70. The lowest BCUT2D eigenvalue weighted by Gasteiger charge is -2.28. The van der Waals surface area contributed by atoms with Crippen LogP contribution in [0.25, 0.3) is 0 Å². The molecule has 2 atom stereocenters. The Hall–Kier alpha value is -0.580. The van der Waals surface area contributed by atoms with Crippen LogP contribution in [0.3, 0.4) is 0 Å². The summed E-state index contributed by atoms with van der Waals surface area (Å²) in [4.78, 5) is 12.3. The van der Waals surface area contributed by atoms with Crippen molar-refractivity contribution in [1.29, 1.82) is 0 Å². The average Bonchev–Trinajstić information content (AvgIpc) is 2.75. The van der Waals surface area contributed by atoms with Crippen LogP contribution in [0.5, 0.6) is 0 Å². The summed E-state index contributed by atoms with van der Waals surface area (Å²) in [5.74, 6) is 0.698. The third-order valence-corrected chi connectivity index (χ3v) is 6.02. The topological polar surface area (TPSA) is 41.1 Å². The van der Waals surface area contributed by atoms with E-state index in [0.29, 0.717) is 24.4 Å². The zero-order valence-electron chi connectivity index (χ0n) is 13.1. The molecule has 3 rings (SSSR count). The number of amides is 1. The molecule has 22 heavy (non-hydrogen) atoms. The third-order valence-electron chi connectivity index (χ3n) is 4.76. The van der Waals surface area contributed by atoms with Gasteiger partial charge in [0.15, 0.2) is 0 Å². The first-order valence-corrected chi connectivity index (χ1v) is 8.63. The molecule has 0 aliphatic carbocycles. The van der Waals surface area contributed by atoms with Crippen molar-refractivity contribution in [3.8, 4) is 0 Å². The van der Waals surface area contributed by atoms with Gasteiger partial charge in [0.1, 0.15) is 0 Å². The molecule has 2 fully saturated rings. The van der Waals surface area contributed by atoms with Gasteiger partial charge in [0.2, 0.25) is 5.91 Å². The maximum Gasteiger partial charge on any atom is 0.224 e. The predicted molar refractivity (Wildman–Crippen MR) is 96.8 cm³/mol. The molecule has 0 saturated carbocycles. The fourth-order valence-corrected chi connectivity index (χ4v) is 4.06. The van der Waals surface area contributed by atoms with Crippen LogP contribution in [-0.2, 0) is 4.79 Å². The number of hydrogen-bond acceptors (Lipinski definition) is 2. The molecule has 1 aromatic carbocycles. The maximum atomic E-state index is 12.3. The van der Waals surface area contributed by atoms with E-state index >= 15 is 0 Å². The first kappa shape index (κ1) is 17.8. The lowest BCUT2D eigenvalue weighted by Crippen LogP contribution is -2.39. The normalized spacial score (nSPS) is 26.4. The molecular formula is C17H24BrClN2O. The number of anilines is 1. The molecule has 0 aromatic heterocycles. The fourth-order valence-electron chi connectivity index (χ4n) is 3.83. The van der Waals surface area contributed by atoms with Gasteiger partial charge >= 0.3 is 0 Å². The highest BCUT2D eigenvalue weighted by Crippen LogP contribution is 2.33. The first-order chi connectivity index (χ1) is 10.0. The van der Waals surface area contributed by atoms with Crippen molar-refractivity contribution >= 4 is 39.9 Å². The molecular weight excluding hydrogens is 364 g/mol. The number of carbonyl (C=O) groups is 1. The highest BCUT2D eigenvalue weighted by Gasteiger charge is 2.34. The molecule has 2 bridgehead atoms. The summed E-state index contributed by atoms with van der Waals surface area (Å²) in [7, 11) is 0. The van der Waals surface area contributed by atoms with Gasteiger partial charge in [0, 0.05) is 28.7 Å². The Balaban J connectivity index is 0.00000176. The lowest BCUT2D eigenvalue weighted by atomic mass is 9.89. The van der Waals surface area contributed by atoms with Gasteiger partial charge in [0.05, 0.1) is 0 Å². The summed E-state index contributed by atoms with van der Waals surface area (Å²) >= 11 is 3.56. The van der Waals surface area contributed by atoms with Crippen molar-refractivity contribution < 1.29 is 4.79 Å². The summed E-state index contributed by atoms with van der Waals surface area (Å²) in [5.41, 5.74) is 3.23. The van der Waals surface area contributed by atoms with Gasteiger partial charge in [-0.05, 0) is 68.7 Å². The van der Waals surface area contributed by atoms with Gasteiger partial charge < -0.3 is 10.6 Å². The molecule has 2 aliphatic heterocycles. The van der Waals surface area contributed by atoms with E-state index in [4.69, 9.17) is 0 Å². The van der Waals surface area contributed by atoms with Crippen molar-refractivity contribution in [2.45, 2.75) is 58.0 Å². The number of piperidine rings is 1. The molecule has 3 nitrogen and oxygen atoms in total. The van der Waals surface area contributed by atoms with Crippen LogP contribution in [0.1, 0.15) is 43.2 Å². The zero-order valence-corrected chi connectivity index (χ0v) is 15.5. The van der Waals surface area contributed by atoms with Crippen LogP contribution in [0, 0.1) is 19.8 Å². The second-order valence-electron chi connectivity index (χ2n) is 6.65. The molecule has 5 heteroatoms. The number of hydrogen-bond donors (Lipinski definition) is 2. The Morgan fingerprint density at radius 1 is 1.23 bits per heavy atom. The molecule has 0 radical (unpaired) electrons. The highest BCUT2D eigenvalue weighted by atomic mass is 79.9. The van der Waals surface area contributed by atoms with Crippen molar-refractivity contribution in [3.05, 3.63) is 27.7 Å². The first-order valence-electron chi connectivity index (χ1n) is 7.84. The standard InChI is InChI=1S/C17H23BrN2O.ClH/c1-10-5-15(6-11(2)17(10)18)20-16(21)9-12-7-13-3-4-14(8-12)19-13;/h5-6,12-14,19H,3-4,7-9H2,1-2H3,(H,20,21);1H. The van der Waals surface area contributed by atoms with Crippen molar-refractivity contribution in [3.63, 3.8) is 0 Å². The Bertz CT molecular complexity index is 529. The van der Waals surface area contributed by atoms with Crippen LogP contribution in [0.4, 0.5) is 5.69 Å². The van der Waals surface area contributed by atoms with Crippen LogP contribution >= 0.6 is 28.3 Å². The van der Waals surface area contributed by atoms with Crippen LogP contribution in [0.15, 0.2) is 16.6 Å². The van der Waals surface area contributed by atoms with E-state index in [0.717, 1.165) is 34.1 Å². The van der Waals surface area contributed by atoms with Crippen molar-refractivity contribution in [2.75, 3.05) is 5.32 Å². The second kappa shape index (κ2) is 7.33. The van der Waals surface area contributed by atoms with E-state index in [1.54, 1.807) is 0 Å². The van der Waals surface area contributed by atoms with Crippen LogP contribution in [-0.4, -0.2) is 18.0 Å². The Morgan fingerprint density at radius 2 is 1.77 bits per heavy atom. The summed E-state index contributed by atoms with van der Waals surface area (Å²) < 4.78 is 1.12. The SMILES string of the molecule is Cc1cc(NC(=O)CC2CC3CCC(C2)N3)cc(C)c1Br.Cl. The van der Waals surface area contributed by atoms with Crippen LogP contribution in [0.2, 0.25) is 0 Å². The summed E-state index contributed by atoms with van der Waals surface area (Å²) in [6.07, 6.45) is 5.54. The number of fused-ring (bicyclic) bond motifs is 2. The molecule has 2 heterocycles. The second-order valence-corrected chi connectivity index (χ2v) is 7.44. The Labute approximate surface area is 147 Å². The van der Waals surface area contributed by atoms with E-state index in [2.05, 4.69) is 40.4 Å². The summed E-state index contributed by atoms with van der Waals surface area (Å²) in [6, 6.07) is 5.36. The number of carbonyl (C=O) groups excluding carboxylic acids is 1. The largest absolute Gasteiger partial charge is 0.326 e. The van der Waals surface area contributed by atoms with Gasteiger partial charge in [-0.25, -0.2) is 0 Å². The van der Waals surface area contributed by atoms with Gasteiger partial charge in [-0.2, -0.15) is 0 Å². The molecule has 2 N–H and O–H groups in total. The van der Waals surface area contributed by atoms with Gasteiger partial charge in [-0.3, -0.25) is 4.79 Å². The molecule has 0 spiro atoms. The smallest absolute Gasteiger partial charge is 0.224 e. The quantitative estimate of drug-likeness (QED) is 0.809. The number of aryl methyl sites for hydroxylation is 2. The van der Waals surface area contributed by atoms with E-state index in [-0.39, 0.29) is 18.3 Å². The molecule has 2 aliphatic rings. The minimum atomic E-state index is 0. The molecule has 1 aromatic rings. The lowest BCUT2D eigenvalue weighted by molar-refractivity contribution is -0.117. The zero-order chi connectivity index (χ0) is 15.0. The van der Waals surface area contributed by atoms with Gasteiger partial charge in [-0.1, -0.05) is 15.9 Å². The van der Waals surface area contributed by atoms with Crippen molar-refractivity contribution in [2.24, 2.45) is 5.92 Å². The Kier molecular flexibility index (Phi) is 5.92. The Morgan fingerprint density at radius 3 is 2.32 bits per heavy atom. The van der Waals surface area contributed by atoms with E-state index in [9.17, 15) is 4.79 Å². The monoisotopic (exact) mass is 386 g/mol. The predicted octanol–water partition coefficient (Wildman–Crippen LogP) is 4.35. The number of nitrogens with one attached hydrogen (secondary N) is 2. The van der Waals surface area contributed by atoms with Crippen LogP contribution < -0.4 is 10.6 Å². The maximum absolute atomic E-state index is 12.3. The average molecular weight is 388 g/mol. The van der Waals surface area contributed by atoms with E-state index < -0.39 is 0 Å². The minimum Gasteiger partial charge on any atom is -0.326 e. The van der Waals surface area contributed by atoms with Crippen molar-refractivity contribution in [1.82, 2.24) is 5.32 Å². The number of benzene rings is 1. The molecule has 2 unspecified atom stereocenters. The number of rotatable bonds is 3. The highest BCUT2D eigenvalue weighted by molar-refractivity contribution is 9.10. The molecule has 122 valence electrons. The fraction of sp³-hybridized carbons (Fsp3) is 0.588. The van der Waals surface area contributed by atoms with E-state index in [1.165, 1.54) is 12.8 Å². The number of halogens is 2.